The van der Waals surface area contributed by atoms with E-state index < -0.39 is 0 Å². The summed E-state index contributed by atoms with van der Waals surface area (Å²) in [5, 5.41) is 5.38. The van der Waals surface area contributed by atoms with Crippen molar-refractivity contribution in [3.05, 3.63) is 126 Å². The standard InChI is InChI=1S/C44H37BN2/c1-43(2,3)27-19-22-36-33(23-27)34-24-28(44(4,5)6)25-35-41(34)46(36)38-18-12-16-30-31-21-20-29(26-13-8-7-9-14-26)39-32-15-10-11-17-37(32)47(42(31)39)45(35)40(30)38/h7-25H,1-6H3. The van der Waals surface area contributed by atoms with Crippen LogP contribution in [-0.2, 0) is 10.8 Å². The molecular formula is C44H37BN2. The molecule has 2 aliphatic rings. The lowest BCUT2D eigenvalue weighted by Crippen LogP contribution is -2.55. The number of hydrogen-bond acceptors (Lipinski definition) is 0. The maximum atomic E-state index is 2.70. The van der Waals surface area contributed by atoms with E-state index in [4.69, 9.17) is 0 Å². The summed E-state index contributed by atoms with van der Waals surface area (Å²) in [4.78, 5) is 0. The van der Waals surface area contributed by atoms with Gasteiger partial charge in [0.15, 0.2) is 0 Å². The molecule has 0 bridgehead atoms. The van der Waals surface area contributed by atoms with Crippen molar-refractivity contribution in [1.82, 2.24) is 9.05 Å². The molecule has 0 aliphatic carbocycles. The average molecular weight is 605 g/mol. The molecule has 0 saturated heterocycles. The highest BCUT2D eigenvalue weighted by Gasteiger charge is 2.42. The van der Waals surface area contributed by atoms with E-state index in [1.165, 1.54) is 93.6 Å². The Balaban J connectivity index is 1.42. The molecule has 2 nitrogen and oxygen atoms in total. The summed E-state index contributed by atoms with van der Waals surface area (Å²) >= 11 is 0. The van der Waals surface area contributed by atoms with Crippen LogP contribution >= 0.6 is 0 Å². The van der Waals surface area contributed by atoms with Gasteiger partial charge in [-0.25, -0.2) is 0 Å². The highest BCUT2D eigenvalue weighted by atomic mass is 15.0. The minimum atomic E-state index is 0.00166. The zero-order chi connectivity index (χ0) is 32.0. The Hall–Kier alpha value is -5.02. The molecule has 0 spiro atoms. The van der Waals surface area contributed by atoms with Gasteiger partial charge in [0.05, 0.1) is 11.0 Å². The van der Waals surface area contributed by atoms with Gasteiger partial charge in [0.1, 0.15) is 0 Å². The Labute approximate surface area is 276 Å². The van der Waals surface area contributed by atoms with Crippen LogP contribution in [0, 0.1) is 0 Å². The van der Waals surface area contributed by atoms with Crippen molar-refractivity contribution >= 4 is 61.4 Å². The summed E-state index contributed by atoms with van der Waals surface area (Å²) in [5.74, 6) is 0. The third kappa shape index (κ3) is 3.47. The first-order chi connectivity index (χ1) is 22.6. The molecule has 2 aliphatic heterocycles. The van der Waals surface area contributed by atoms with E-state index >= 15 is 0 Å². The molecule has 6 aromatic carbocycles. The molecule has 8 aromatic rings. The minimum Gasteiger partial charge on any atom is -0.375 e. The number of hydrogen-bond donors (Lipinski definition) is 0. The zero-order valence-corrected chi connectivity index (χ0v) is 27.9. The maximum absolute atomic E-state index is 2.70. The fraction of sp³-hybridized carbons (Fsp3) is 0.182. The van der Waals surface area contributed by atoms with Crippen molar-refractivity contribution < 1.29 is 0 Å². The lowest BCUT2D eigenvalue weighted by molar-refractivity contribution is 0.590. The normalized spacial score (nSPS) is 13.7. The molecule has 47 heavy (non-hydrogen) atoms. The summed E-state index contributed by atoms with van der Waals surface area (Å²) < 4.78 is 5.28. The Morgan fingerprint density at radius 1 is 0.511 bits per heavy atom. The van der Waals surface area contributed by atoms with Crippen LogP contribution in [0.5, 0.6) is 0 Å². The van der Waals surface area contributed by atoms with E-state index in [0.29, 0.717) is 0 Å². The van der Waals surface area contributed by atoms with Gasteiger partial charge in [0.2, 0.25) is 0 Å². The number of fused-ring (bicyclic) bond motifs is 10. The van der Waals surface area contributed by atoms with Gasteiger partial charge < -0.3 is 9.05 Å². The molecule has 0 atom stereocenters. The topological polar surface area (TPSA) is 9.86 Å². The number of aromatic nitrogens is 2. The molecule has 10 rings (SSSR count). The average Bonchev–Trinajstić information content (AvgIpc) is 3.58. The van der Waals surface area contributed by atoms with Crippen LogP contribution in [0.4, 0.5) is 0 Å². The van der Waals surface area contributed by atoms with Gasteiger partial charge >= 0.3 is 6.85 Å². The van der Waals surface area contributed by atoms with Gasteiger partial charge in [0, 0.05) is 43.8 Å². The second-order valence-electron chi connectivity index (χ2n) is 15.8. The lowest BCUT2D eigenvalue weighted by Gasteiger charge is -2.35. The molecule has 226 valence electrons. The highest BCUT2D eigenvalue weighted by molar-refractivity contribution is 6.90. The van der Waals surface area contributed by atoms with E-state index in [0.717, 1.165) is 0 Å². The molecule has 0 radical (unpaired) electrons. The van der Waals surface area contributed by atoms with Gasteiger partial charge in [-0.1, -0.05) is 126 Å². The Morgan fingerprint density at radius 3 is 2.02 bits per heavy atom. The first-order valence-corrected chi connectivity index (χ1v) is 17.0. The van der Waals surface area contributed by atoms with Gasteiger partial charge in [-0.05, 0) is 79.9 Å². The lowest BCUT2D eigenvalue weighted by atomic mass is 9.45. The third-order valence-corrected chi connectivity index (χ3v) is 11.0. The minimum absolute atomic E-state index is 0.00166. The van der Waals surface area contributed by atoms with Crippen LogP contribution in [0.3, 0.4) is 0 Å². The molecular weight excluding hydrogens is 567 g/mol. The molecule has 0 amide bonds. The van der Waals surface area contributed by atoms with Gasteiger partial charge in [-0.15, -0.1) is 0 Å². The number of nitrogens with zero attached hydrogens (tertiary/aromatic N) is 2. The predicted octanol–water partition coefficient (Wildman–Crippen LogP) is 10.1. The van der Waals surface area contributed by atoms with Crippen molar-refractivity contribution in [2.45, 2.75) is 52.4 Å². The summed E-state index contributed by atoms with van der Waals surface area (Å²) in [7, 11) is 0. The number of para-hydroxylation sites is 1. The quantitative estimate of drug-likeness (QED) is 0.165. The van der Waals surface area contributed by atoms with E-state index in [1.54, 1.807) is 0 Å². The second-order valence-corrected chi connectivity index (χ2v) is 15.8. The van der Waals surface area contributed by atoms with Gasteiger partial charge in [0.25, 0.3) is 0 Å². The van der Waals surface area contributed by atoms with Crippen molar-refractivity contribution in [1.29, 1.82) is 0 Å². The van der Waals surface area contributed by atoms with E-state index in [2.05, 4.69) is 166 Å². The summed E-state index contributed by atoms with van der Waals surface area (Å²) in [6.45, 7) is 14.1. The predicted molar refractivity (Wildman–Crippen MR) is 202 cm³/mol. The summed E-state index contributed by atoms with van der Waals surface area (Å²) in [6.07, 6.45) is 0. The fourth-order valence-corrected chi connectivity index (χ4v) is 8.70. The molecule has 0 unspecified atom stereocenters. The number of rotatable bonds is 1. The second kappa shape index (κ2) is 8.86. The first-order valence-electron chi connectivity index (χ1n) is 17.0. The molecule has 0 saturated carbocycles. The molecule has 4 heterocycles. The first kappa shape index (κ1) is 27.1. The van der Waals surface area contributed by atoms with Crippen molar-refractivity contribution in [2.24, 2.45) is 0 Å². The maximum Gasteiger partial charge on any atom is 0.333 e. The summed E-state index contributed by atoms with van der Waals surface area (Å²) in [5.41, 5.74) is 17.5. The van der Waals surface area contributed by atoms with E-state index in [-0.39, 0.29) is 17.7 Å². The van der Waals surface area contributed by atoms with Crippen LogP contribution in [0.2, 0.25) is 0 Å². The van der Waals surface area contributed by atoms with Crippen LogP contribution in [0.15, 0.2) is 115 Å². The molecule has 3 heteroatoms. The van der Waals surface area contributed by atoms with E-state index in [1.807, 2.05) is 0 Å². The smallest absolute Gasteiger partial charge is 0.333 e. The summed E-state index contributed by atoms with van der Waals surface area (Å²) in [6, 6.07) is 44.0. The Bertz CT molecular complexity index is 2640. The Morgan fingerprint density at radius 2 is 1.23 bits per heavy atom. The van der Waals surface area contributed by atoms with Crippen LogP contribution in [0.1, 0.15) is 52.7 Å². The Kier molecular flexibility index (Phi) is 5.12. The van der Waals surface area contributed by atoms with Crippen molar-refractivity contribution in [2.75, 3.05) is 0 Å². The number of benzene rings is 6. The highest BCUT2D eigenvalue weighted by Crippen LogP contribution is 2.46. The largest absolute Gasteiger partial charge is 0.375 e. The zero-order valence-electron chi connectivity index (χ0n) is 27.9. The molecule has 2 aromatic heterocycles. The molecule has 0 fully saturated rings. The van der Waals surface area contributed by atoms with Gasteiger partial charge in [-0.3, -0.25) is 0 Å². The van der Waals surface area contributed by atoms with E-state index in [9.17, 15) is 0 Å². The van der Waals surface area contributed by atoms with Crippen molar-refractivity contribution in [3.63, 3.8) is 0 Å². The third-order valence-electron chi connectivity index (χ3n) is 11.0. The van der Waals surface area contributed by atoms with Crippen LogP contribution in [-0.4, -0.2) is 15.9 Å². The van der Waals surface area contributed by atoms with Crippen LogP contribution in [0.25, 0.3) is 71.6 Å². The monoisotopic (exact) mass is 604 g/mol. The SMILES string of the molecule is CC(C)(C)c1ccc2c(c1)c1cc(C(C)(C)C)cc3c1n2-c1cccc2c1B3n1c3ccccc3c3c(-c4ccccc4)ccc-2c31. The van der Waals surface area contributed by atoms with Gasteiger partial charge in [-0.2, -0.15) is 0 Å². The van der Waals surface area contributed by atoms with Crippen molar-refractivity contribution in [3.8, 4) is 27.9 Å². The fourth-order valence-electron chi connectivity index (χ4n) is 8.70. The molecule has 0 N–H and O–H groups in total. The van der Waals surface area contributed by atoms with Crippen LogP contribution < -0.4 is 10.9 Å².